The highest BCUT2D eigenvalue weighted by Gasteiger charge is 2.22. The third-order valence-electron chi connectivity index (χ3n) is 6.27. The fraction of sp³-hybridized carbons (Fsp3) is 0.696. The zero-order chi connectivity index (χ0) is 21.3. The van der Waals surface area contributed by atoms with Crippen molar-refractivity contribution >= 4 is 0 Å². The fourth-order valence-electron chi connectivity index (χ4n) is 4.30. The van der Waals surface area contributed by atoms with Crippen molar-refractivity contribution in [3.05, 3.63) is 23.8 Å². The normalized spacial score (nSPS) is 20.6. The molecular formula is C23H35N3O4. The first-order valence-corrected chi connectivity index (χ1v) is 11.0. The maximum Gasteiger partial charge on any atom is 0.161 e. The molecule has 2 N–H and O–H groups in total. The van der Waals surface area contributed by atoms with Crippen LogP contribution in [0.4, 0.5) is 0 Å². The second kappa shape index (κ2) is 11.5. The van der Waals surface area contributed by atoms with Crippen molar-refractivity contribution < 1.29 is 19.7 Å². The smallest absolute Gasteiger partial charge is 0.161 e. The van der Waals surface area contributed by atoms with Crippen LogP contribution in [-0.2, 0) is 6.54 Å². The molecule has 0 aromatic heterocycles. The predicted molar refractivity (Wildman–Crippen MR) is 114 cm³/mol. The lowest BCUT2D eigenvalue weighted by Gasteiger charge is -2.32. The van der Waals surface area contributed by atoms with Gasteiger partial charge in [0.1, 0.15) is 12.7 Å². The Labute approximate surface area is 179 Å². The number of hydrogen-bond donors (Lipinski definition) is 2. The van der Waals surface area contributed by atoms with E-state index in [9.17, 15) is 10.2 Å². The van der Waals surface area contributed by atoms with E-state index in [1.165, 1.54) is 0 Å². The Morgan fingerprint density at radius 1 is 1.10 bits per heavy atom. The highest BCUT2D eigenvalue weighted by Crippen LogP contribution is 2.29. The number of nitriles is 1. The van der Waals surface area contributed by atoms with Crippen molar-refractivity contribution in [1.29, 1.82) is 5.26 Å². The SMILES string of the molecule is COc1ccc(CN2CCC(C#N)CC2)cc1OCC(O)CN1CCC(CO)CC1. The summed E-state index contributed by atoms with van der Waals surface area (Å²) in [5.41, 5.74) is 1.14. The number of benzene rings is 1. The van der Waals surface area contributed by atoms with E-state index in [4.69, 9.17) is 14.7 Å². The van der Waals surface area contributed by atoms with Gasteiger partial charge >= 0.3 is 0 Å². The summed E-state index contributed by atoms with van der Waals surface area (Å²) < 4.78 is 11.4. The van der Waals surface area contributed by atoms with Crippen molar-refractivity contribution in [2.45, 2.75) is 38.3 Å². The van der Waals surface area contributed by atoms with E-state index < -0.39 is 6.10 Å². The van der Waals surface area contributed by atoms with E-state index >= 15 is 0 Å². The van der Waals surface area contributed by atoms with Gasteiger partial charge in [-0.15, -0.1) is 0 Å². The van der Waals surface area contributed by atoms with Gasteiger partial charge in [-0.2, -0.15) is 5.26 Å². The number of rotatable bonds is 9. The first kappa shape index (κ1) is 22.8. The van der Waals surface area contributed by atoms with Gasteiger partial charge in [-0.25, -0.2) is 0 Å². The van der Waals surface area contributed by atoms with Gasteiger partial charge in [0, 0.05) is 25.6 Å². The van der Waals surface area contributed by atoms with Crippen LogP contribution < -0.4 is 9.47 Å². The van der Waals surface area contributed by atoms with Gasteiger partial charge in [0.15, 0.2) is 11.5 Å². The second-order valence-electron chi connectivity index (χ2n) is 8.56. The minimum absolute atomic E-state index is 0.187. The molecule has 0 aliphatic carbocycles. The topological polar surface area (TPSA) is 89.2 Å². The summed E-state index contributed by atoms with van der Waals surface area (Å²) in [5.74, 6) is 1.90. The number of ether oxygens (including phenoxy) is 2. The van der Waals surface area contributed by atoms with Crippen molar-refractivity contribution in [1.82, 2.24) is 9.80 Å². The summed E-state index contributed by atoms with van der Waals surface area (Å²) in [6.45, 7) is 5.56. The first-order valence-electron chi connectivity index (χ1n) is 11.0. The Morgan fingerprint density at radius 2 is 1.80 bits per heavy atom. The van der Waals surface area contributed by atoms with E-state index in [-0.39, 0.29) is 19.1 Å². The number of likely N-dealkylation sites (tertiary alicyclic amines) is 2. The van der Waals surface area contributed by atoms with E-state index in [1.807, 2.05) is 18.2 Å². The number of nitrogens with zero attached hydrogens (tertiary/aromatic N) is 3. The predicted octanol–water partition coefficient (Wildman–Crippen LogP) is 1.87. The molecule has 0 spiro atoms. The van der Waals surface area contributed by atoms with Crippen LogP contribution in [0.3, 0.4) is 0 Å². The van der Waals surface area contributed by atoms with Crippen LogP contribution in [0.5, 0.6) is 11.5 Å². The van der Waals surface area contributed by atoms with Crippen molar-refractivity contribution in [2.75, 3.05) is 53.0 Å². The Hall–Kier alpha value is -1.85. The number of aliphatic hydroxyl groups excluding tert-OH is 2. The molecule has 30 heavy (non-hydrogen) atoms. The first-order chi connectivity index (χ1) is 14.6. The molecule has 2 heterocycles. The van der Waals surface area contributed by atoms with Crippen LogP contribution in [0.2, 0.25) is 0 Å². The summed E-state index contributed by atoms with van der Waals surface area (Å²) in [7, 11) is 1.62. The highest BCUT2D eigenvalue weighted by molar-refractivity contribution is 5.43. The largest absolute Gasteiger partial charge is 0.493 e. The number of aliphatic hydroxyl groups is 2. The van der Waals surface area contributed by atoms with E-state index in [1.54, 1.807) is 7.11 Å². The number of hydrogen-bond acceptors (Lipinski definition) is 7. The van der Waals surface area contributed by atoms with Crippen LogP contribution in [0.1, 0.15) is 31.2 Å². The lowest BCUT2D eigenvalue weighted by atomic mass is 9.98. The molecule has 1 aromatic carbocycles. The maximum absolute atomic E-state index is 10.4. The average Bonchev–Trinajstić information content (AvgIpc) is 2.79. The van der Waals surface area contributed by atoms with E-state index in [2.05, 4.69) is 15.9 Å². The molecule has 2 saturated heterocycles. The fourth-order valence-corrected chi connectivity index (χ4v) is 4.30. The molecule has 0 radical (unpaired) electrons. The Bertz CT molecular complexity index is 692. The molecule has 1 atom stereocenters. The lowest BCUT2D eigenvalue weighted by Crippen LogP contribution is -2.41. The molecule has 0 amide bonds. The van der Waals surface area contributed by atoms with Gasteiger partial charge in [0.25, 0.3) is 0 Å². The van der Waals surface area contributed by atoms with Gasteiger partial charge in [-0.05, 0) is 75.5 Å². The molecule has 7 heteroatoms. The zero-order valence-electron chi connectivity index (χ0n) is 18.0. The molecule has 2 fully saturated rings. The lowest BCUT2D eigenvalue weighted by molar-refractivity contribution is 0.0482. The van der Waals surface area contributed by atoms with Crippen molar-refractivity contribution in [3.8, 4) is 17.6 Å². The van der Waals surface area contributed by atoms with Crippen LogP contribution in [-0.4, -0.2) is 79.2 Å². The van der Waals surface area contributed by atoms with Gasteiger partial charge < -0.3 is 24.6 Å². The average molecular weight is 418 g/mol. The standard InChI is InChI=1S/C23H35N3O4/c1-29-22-3-2-20(14-25-8-4-18(13-24)5-9-25)12-23(22)30-17-21(28)15-26-10-6-19(16-27)7-11-26/h2-3,12,18-19,21,27-28H,4-11,14-17H2,1H3. The van der Waals surface area contributed by atoms with Crippen LogP contribution >= 0.6 is 0 Å². The molecule has 166 valence electrons. The summed E-state index contributed by atoms with van der Waals surface area (Å²) in [6.07, 6.45) is 3.24. The Kier molecular flexibility index (Phi) is 8.76. The second-order valence-corrected chi connectivity index (χ2v) is 8.56. The monoisotopic (exact) mass is 417 g/mol. The maximum atomic E-state index is 10.4. The molecule has 2 aliphatic rings. The summed E-state index contributed by atoms with van der Waals surface area (Å²) in [4.78, 5) is 4.60. The highest BCUT2D eigenvalue weighted by atomic mass is 16.5. The van der Waals surface area contributed by atoms with Crippen molar-refractivity contribution in [2.24, 2.45) is 11.8 Å². The van der Waals surface area contributed by atoms with Crippen LogP contribution in [0.25, 0.3) is 0 Å². The zero-order valence-corrected chi connectivity index (χ0v) is 18.0. The summed E-state index contributed by atoms with van der Waals surface area (Å²) in [6, 6.07) is 8.33. The third-order valence-corrected chi connectivity index (χ3v) is 6.27. The van der Waals surface area contributed by atoms with Crippen LogP contribution in [0.15, 0.2) is 18.2 Å². The van der Waals surface area contributed by atoms with E-state index in [0.717, 1.165) is 64.0 Å². The van der Waals surface area contributed by atoms with E-state index in [0.29, 0.717) is 24.0 Å². The molecule has 7 nitrogen and oxygen atoms in total. The molecule has 2 aliphatic heterocycles. The summed E-state index contributed by atoms with van der Waals surface area (Å²) >= 11 is 0. The molecule has 0 saturated carbocycles. The number of methoxy groups -OCH3 is 1. The van der Waals surface area contributed by atoms with Crippen LogP contribution in [0, 0.1) is 23.2 Å². The minimum atomic E-state index is -0.575. The van der Waals surface area contributed by atoms with Gasteiger partial charge in [0.05, 0.1) is 13.2 Å². The molecule has 1 unspecified atom stereocenters. The number of piperidine rings is 2. The van der Waals surface area contributed by atoms with Crippen molar-refractivity contribution in [3.63, 3.8) is 0 Å². The van der Waals surface area contributed by atoms with Gasteiger partial charge in [-0.1, -0.05) is 6.07 Å². The Morgan fingerprint density at radius 3 is 2.43 bits per heavy atom. The third kappa shape index (κ3) is 6.58. The summed E-state index contributed by atoms with van der Waals surface area (Å²) in [5, 5.41) is 28.7. The van der Waals surface area contributed by atoms with Gasteiger partial charge in [0.2, 0.25) is 0 Å². The minimum Gasteiger partial charge on any atom is -0.493 e. The van der Waals surface area contributed by atoms with Gasteiger partial charge in [-0.3, -0.25) is 4.90 Å². The molecule has 0 bridgehead atoms. The quantitative estimate of drug-likeness (QED) is 0.634. The molecular weight excluding hydrogens is 382 g/mol. The Balaban J connectivity index is 1.49. The molecule has 3 rings (SSSR count). The number of β-amino-alcohol motifs (C(OH)–C–C–N with tert-alkyl or cyclic N) is 1. The molecule has 1 aromatic rings.